The highest BCUT2D eigenvalue weighted by molar-refractivity contribution is 6.32. The van der Waals surface area contributed by atoms with Crippen LogP contribution in [-0.4, -0.2) is 44.6 Å². The monoisotopic (exact) mass is 544 g/mol. The van der Waals surface area contributed by atoms with Gasteiger partial charge in [-0.05, 0) is 66.6 Å². The van der Waals surface area contributed by atoms with Crippen molar-refractivity contribution in [1.82, 2.24) is 19.9 Å². The van der Waals surface area contributed by atoms with E-state index in [9.17, 15) is 9.59 Å². The zero-order valence-electron chi connectivity index (χ0n) is 20.8. The van der Waals surface area contributed by atoms with E-state index in [4.69, 9.17) is 21.1 Å². The van der Waals surface area contributed by atoms with Crippen LogP contribution in [0.3, 0.4) is 0 Å². The van der Waals surface area contributed by atoms with Crippen molar-refractivity contribution in [3.05, 3.63) is 90.5 Å². The van der Waals surface area contributed by atoms with Crippen LogP contribution >= 0.6 is 11.6 Å². The maximum Gasteiger partial charge on any atom is 0.413 e. The highest BCUT2D eigenvalue weighted by Crippen LogP contribution is 2.31. The molecule has 1 atom stereocenters. The molecule has 0 radical (unpaired) electrons. The Morgan fingerprint density at radius 3 is 2.72 bits per heavy atom. The van der Waals surface area contributed by atoms with Crippen LogP contribution in [0.1, 0.15) is 18.4 Å². The minimum Gasteiger partial charge on any atom is -0.487 e. The first kappa shape index (κ1) is 25.9. The number of nitrogens with zero attached hydrogens (tertiary/aromatic N) is 4. The molecule has 39 heavy (non-hydrogen) atoms. The maximum absolute atomic E-state index is 12.6. The summed E-state index contributed by atoms with van der Waals surface area (Å²) < 4.78 is 11.3. The second kappa shape index (κ2) is 11.8. The number of halogens is 1. The zero-order chi connectivity index (χ0) is 27.2. The molecule has 3 heterocycles. The first-order valence-electron chi connectivity index (χ1n) is 12.2. The Labute approximate surface area is 229 Å². The van der Waals surface area contributed by atoms with Gasteiger partial charge in [0.15, 0.2) is 6.23 Å². The average Bonchev–Trinajstić information content (AvgIpc) is 3.41. The first-order valence-corrected chi connectivity index (χ1v) is 12.6. The van der Waals surface area contributed by atoms with Crippen LogP contribution in [0.4, 0.5) is 22.0 Å². The number of hydrogen-bond acceptors (Lipinski definition) is 8. The molecule has 1 aliphatic heterocycles. The Morgan fingerprint density at radius 2 is 1.92 bits per heavy atom. The van der Waals surface area contributed by atoms with Crippen LogP contribution in [0.5, 0.6) is 5.75 Å². The summed E-state index contributed by atoms with van der Waals surface area (Å²) in [5.41, 5.74) is 2.84. The number of hydrogen-bond donors (Lipinski definition) is 2. The number of amides is 2. The van der Waals surface area contributed by atoms with Gasteiger partial charge in [0.2, 0.25) is 5.91 Å². The van der Waals surface area contributed by atoms with Gasteiger partial charge >= 0.3 is 6.09 Å². The molecule has 1 fully saturated rings. The maximum atomic E-state index is 12.6. The molecule has 1 saturated heterocycles. The minimum atomic E-state index is -0.663. The van der Waals surface area contributed by atoms with Gasteiger partial charge in [-0.2, -0.15) is 0 Å². The van der Waals surface area contributed by atoms with Gasteiger partial charge in [0.05, 0.1) is 10.5 Å². The number of rotatable bonds is 8. The van der Waals surface area contributed by atoms with Crippen LogP contribution in [0.15, 0.2) is 79.9 Å². The Balaban J connectivity index is 1.28. The first-order chi connectivity index (χ1) is 19.0. The van der Waals surface area contributed by atoms with Crippen molar-refractivity contribution in [2.45, 2.75) is 25.7 Å². The van der Waals surface area contributed by atoms with Crippen molar-refractivity contribution in [2.75, 3.05) is 17.2 Å². The molecule has 2 N–H and O–H groups in total. The summed E-state index contributed by atoms with van der Waals surface area (Å²) in [6, 6.07) is 14.3. The summed E-state index contributed by atoms with van der Waals surface area (Å²) in [5, 5.41) is 7.09. The highest BCUT2D eigenvalue weighted by Gasteiger charge is 2.30. The lowest BCUT2D eigenvalue weighted by molar-refractivity contribution is -0.132. The van der Waals surface area contributed by atoms with Gasteiger partial charge in [-0.15, -0.1) is 0 Å². The standard InChI is InChI=1S/C28H25ClN6O4/c1-2-25(36)35-13-3-4-26(35)39-28(37)34-19-5-7-23-21(14-19)27(32-17-31-23)33-20-6-8-24(22(29)15-20)38-16-18-9-11-30-12-10-18/h2,5-12,14-15,17,26H,1,3-4,13,16H2,(H,34,37)(H,31,32,33)/t26-/m0/s1. The number of carbonyl (C=O) groups is 2. The van der Waals surface area contributed by atoms with Gasteiger partial charge in [0.1, 0.15) is 24.5 Å². The van der Waals surface area contributed by atoms with Gasteiger partial charge in [-0.25, -0.2) is 14.8 Å². The van der Waals surface area contributed by atoms with Gasteiger partial charge < -0.3 is 19.7 Å². The van der Waals surface area contributed by atoms with Gasteiger partial charge in [-0.1, -0.05) is 18.2 Å². The highest BCUT2D eigenvalue weighted by atomic mass is 35.5. The van der Waals surface area contributed by atoms with Crippen LogP contribution in [-0.2, 0) is 16.1 Å². The van der Waals surface area contributed by atoms with E-state index in [0.717, 1.165) is 12.0 Å². The number of carbonyl (C=O) groups excluding carboxylic acids is 2. The number of nitrogens with one attached hydrogen (secondary N) is 2. The fourth-order valence-corrected chi connectivity index (χ4v) is 4.44. The third-order valence-electron chi connectivity index (χ3n) is 6.12. The Morgan fingerprint density at radius 1 is 1.10 bits per heavy atom. The molecule has 4 aromatic rings. The van der Waals surface area contributed by atoms with Gasteiger partial charge in [-0.3, -0.25) is 15.1 Å². The molecule has 11 heteroatoms. The van der Waals surface area contributed by atoms with Crippen molar-refractivity contribution in [3.8, 4) is 5.75 Å². The van der Waals surface area contributed by atoms with E-state index in [0.29, 0.717) is 58.4 Å². The molecule has 198 valence electrons. The molecule has 2 amide bonds. The smallest absolute Gasteiger partial charge is 0.413 e. The van der Waals surface area contributed by atoms with E-state index in [1.807, 2.05) is 18.2 Å². The van der Waals surface area contributed by atoms with E-state index >= 15 is 0 Å². The van der Waals surface area contributed by atoms with Crippen LogP contribution in [0.2, 0.25) is 5.02 Å². The molecule has 0 saturated carbocycles. The van der Waals surface area contributed by atoms with Crippen molar-refractivity contribution in [1.29, 1.82) is 0 Å². The molecule has 0 unspecified atom stereocenters. The third kappa shape index (κ3) is 6.24. The molecule has 0 aliphatic carbocycles. The third-order valence-corrected chi connectivity index (χ3v) is 6.41. The summed E-state index contributed by atoms with van der Waals surface area (Å²) in [6.07, 6.45) is 6.11. The molecule has 2 aromatic heterocycles. The topological polar surface area (TPSA) is 119 Å². The molecule has 2 aromatic carbocycles. The SMILES string of the molecule is C=CC(=O)N1CCC[C@@H]1OC(=O)Nc1ccc2ncnc(Nc3ccc(OCc4ccncc4)c(Cl)c3)c2c1. The second-order valence-electron chi connectivity index (χ2n) is 8.73. The van der Waals surface area contributed by atoms with Crippen molar-refractivity contribution in [2.24, 2.45) is 0 Å². The summed E-state index contributed by atoms with van der Waals surface area (Å²) in [5.74, 6) is 0.807. The number of aromatic nitrogens is 3. The largest absolute Gasteiger partial charge is 0.487 e. The Bertz CT molecular complexity index is 1520. The van der Waals surface area contributed by atoms with Gasteiger partial charge in [0, 0.05) is 42.1 Å². The van der Waals surface area contributed by atoms with Crippen LogP contribution in [0.25, 0.3) is 10.9 Å². The van der Waals surface area contributed by atoms with Gasteiger partial charge in [0.25, 0.3) is 0 Å². The van der Waals surface area contributed by atoms with Crippen molar-refractivity contribution >= 4 is 51.7 Å². The number of fused-ring (bicyclic) bond motifs is 1. The molecule has 0 bridgehead atoms. The summed E-state index contributed by atoms with van der Waals surface area (Å²) in [4.78, 5) is 38.7. The summed E-state index contributed by atoms with van der Waals surface area (Å²) in [7, 11) is 0. The molecule has 10 nitrogen and oxygen atoms in total. The lowest BCUT2D eigenvalue weighted by Gasteiger charge is -2.23. The van der Waals surface area contributed by atoms with Crippen molar-refractivity contribution < 1.29 is 19.1 Å². The van der Waals surface area contributed by atoms with E-state index < -0.39 is 12.3 Å². The molecule has 5 rings (SSSR count). The lowest BCUT2D eigenvalue weighted by Crippen LogP contribution is -2.38. The minimum absolute atomic E-state index is 0.266. The Hall–Kier alpha value is -4.70. The fourth-order valence-electron chi connectivity index (χ4n) is 4.21. The Kier molecular flexibility index (Phi) is 7.83. The fraction of sp³-hybridized carbons (Fsp3) is 0.179. The predicted octanol–water partition coefficient (Wildman–Crippen LogP) is 5.68. The van der Waals surface area contributed by atoms with Crippen LogP contribution in [0, 0.1) is 0 Å². The lowest BCUT2D eigenvalue weighted by atomic mass is 10.2. The molecule has 0 spiro atoms. The number of anilines is 3. The van der Waals surface area contributed by atoms with E-state index in [1.165, 1.54) is 17.3 Å². The number of likely N-dealkylation sites (tertiary alicyclic amines) is 1. The predicted molar refractivity (Wildman–Crippen MR) is 148 cm³/mol. The number of ether oxygens (including phenoxy) is 2. The number of pyridine rings is 1. The quantitative estimate of drug-likeness (QED) is 0.272. The van der Waals surface area contributed by atoms with E-state index in [-0.39, 0.29) is 5.91 Å². The number of benzene rings is 2. The molecule has 1 aliphatic rings. The van der Waals surface area contributed by atoms with E-state index in [1.54, 1.807) is 42.7 Å². The van der Waals surface area contributed by atoms with E-state index in [2.05, 4.69) is 32.2 Å². The summed E-state index contributed by atoms with van der Waals surface area (Å²) >= 11 is 6.47. The van der Waals surface area contributed by atoms with Crippen LogP contribution < -0.4 is 15.4 Å². The van der Waals surface area contributed by atoms with Crippen molar-refractivity contribution in [3.63, 3.8) is 0 Å². The molecular formula is C28H25ClN6O4. The second-order valence-corrected chi connectivity index (χ2v) is 9.14. The average molecular weight is 545 g/mol. The summed E-state index contributed by atoms with van der Waals surface area (Å²) in [6.45, 7) is 4.39. The zero-order valence-corrected chi connectivity index (χ0v) is 21.6. The molecular weight excluding hydrogens is 520 g/mol. The normalized spacial score (nSPS) is 14.6.